The minimum Gasteiger partial charge on any atom is -0.315 e. The molecule has 1 saturated heterocycles. The van der Waals surface area contributed by atoms with Gasteiger partial charge in [0.15, 0.2) is 0 Å². The van der Waals surface area contributed by atoms with Gasteiger partial charge in [0.1, 0.15) is 23.4 Å². The summed E-state index contributed by atoms with van der Waals surface area (Å²) in [5.74, 6) is -3.23. The normalized spacial score (nSPS) is 18.4. The van der Waals surface area contributed by atoms with Gasteiger partial charge in [0.25, 0.3) is 5.91 Å². The number of hydrogen-bond donors (Lipinski definition) is 1. The highest BCUT2D eigenvalue weighted by atomic mass is 19.4. The average molecular weight is 372 g/mol. The molecule has 1 aliphatic heterocycles. The molecule has 3 rings (SSSR count). The number of hydroxylamine groups is 2. The Morgan fingerprint density at radius 3 is 2.27 bits per heavy atom. The fraction of sp³-hybridized carbons (Fsp3) is 0.235. The smallest absolute Gasteiger partial charge is 0.315 e. The Labute approximate surface area is 145 Å². The number of hydrogen-bond acceptors (Lipinski definition) is 3. The van der Waals surface area contributed by atoms with E-state index in [0.717, 1.165) is 41.3 Å². The van der Waals surface area contributed by atoms with Crippen molar-refractivity contribution in [3.05, 3.63) is 70.8 Å². The molecule has 0 saturated carbocycles. The molecule has 1 heterocycles. The van der Waals surface area contributed by atoms with E-state index >= 15 is 0 Å². The predicted octanol–water partition coefficient (Wildman–Crippen LogP) is 3.83. The molecule has 1 amide bonds. The second kappa shape index (κ2) is 6.65. The van der Waals surface area contributed by atoms with Gasteiger partial charge in [-0.25, -0.2) is 8.78 Å². The lowest BCUT2D eigenvalue weighted by Gasteiger charge is -2.28. The van der Waals surface area contributed by atoms with Crippen molar-refractivity contribution in [2.45, 2.75) is 12.3 Å². The summed E-state index contributed by atoms with van der Waals surface area (Å²) in [5.41, 5.74) is -1.80. The van der Waals surface area contributed by atoms with Crippen LogP contribution in [-0.2, 0) is 6.18 Å². The van der Waals surface area contributed by atoms with Crippen LogP contribution in [0.15, 0.2) is 42.5 Å². The quantitative estimate of drug-likeness (QED) is 0.815. The number of halogens is 5. The molecule has 1 N–H and O–H groups in total. The topological polar surface area (TPSA) is 43.8 Å². The molecule has 1 aliphatic rings. The summed E-state index contributed by atoms with van der Waals surface area (Å²) in [6.07, 6.45) is -5.90. The van der Waals surface area contributed by atoms with E-state index < -0.39 is 41.0 Å². The number of carbonyl (C=O) groups excluding carboxylic acids is 1. The van der Waals surface area contributed by atoms with Crippen LogP contribution in [-0.4, -0.2) is 34.2 Å². The van der Waals surface area contributed by atoms with Gasteiger partial charge in [-0.15, -0.1) is 0 Å². The van der Waals surface area contributed by atoms with Crippen molar-refractivity contribution >= 4 is 5.91 Å². The van der Waals surface area contributed by atoms with Gasteiger partial charge in [-0.1, -0.05) is 18.2 Å². The minimum atomic E-state index is -4.61. The summed E-state index contributed by atoms with van der Waals surface area (Å²) in [5, 5.41) is 10.7. The maximum atomic E-state index is 13.9. The summed E-state index contributed by atoms with van der Waals surface area (Å²) in [6.45, 7) is -0.188. The Bertz CT molecular complexity index is 820. The number of benzene rings is 2. The van der Waals surface area contributed by atoms with Crippen LogP contribution in [0.2, 0.25) is 0 Å². The Morgan fingerprint density at radius 2 is 1.65 bits per heavy atom. The van der Waals surface area contributed by atoms with E-state index in [4.69, 9.17) is 0 Å². The van der Waals surface area contributed by atoms with Crippen LogP contribution in [0.25, 0.3) is 0 Å². The largest absolute Gasteiger partial charge is 0.416 e. The van der Waals surface area contributed by atoms with E-state index in [1.54, 1.807) is 0 Å². The molecule has 9 heteroatoms. The minimum absolute atomic E-state index is 0.0232. The third-order valence-electron chi connectivity index (χ3n) is 4.10. The van der Waals surface area contributed by atoms with Gasteiger partial charge < -0.3 is 10.1 Å². The molecule has 1 atom stereocenters. The van der Waals surface area contributed by atoms with Crippen LogP contribution < -0.4 is 0 Å². The second-order valence-corrected chi connectivity index (χ2v) is 5.76. The maximum absolute atomic E-state index is 13.9. The highest BCUT2D eigenvalue weighted by molar-refractivity contribution is 5.95. The number of carbonyl (C=O) groups is 1. The van der Waals surface area contributed by atoms with Gasteiger partial charge in [-0.05, 0) is 29.8 Å². The molecule has 0 spiro atoms. The fourth-order valence-corrected chi connectivity index (χ4v) is 2.90. The van der Waals surface area contributed by atoms with Crippen LogP contribution in [0.1, 0.15) is 27.7 Å². The lowest BCUT2D eigenvalue weighted by atomic mass is 10.1. The first-order valence-corrected chi connectivity index (χ1v) is 7.58. The summed E-state index contributed by atoms with van der Waals surface area (Å²) in [7, 11) is 0. The molecule has 2 aromatic rings. The molecule has 2 aromatic carbocycles. The van der Waals surface area contributed by atoms with Gasteiger partial charge in [0.2, 0.25) is 0 Å². The highest BCUT2D eigenvalue weighted by Crippen LogP contribution is 2.35. The van der Waals surface area contributed by atoms with Gasteiger partial charge in [-0.3, -0.25) is 4.79 Å². The lowest BCUT2D eigenvalue weighted by Crippen LogP contribution is -2.35. The number of nitrogens with zero attached hydrogens (tertiary/aromatic N) is 2. The molecule has 0 aliphatic carbocycles. The SMILES string of the molecule is O=C(c1c(F)cccc1F)N1CCN(O)C1c1cccc(C(F)(F)F)c1. The summed E-state index contributed by atoms with van der Waals surface area (Å²) < 4.78 is 66.5. The zero-order valence-electron chi connectivity index (χ0n) is 13.2. The third kappa shape index (κ3) is 3.27. The first-order valence-electron chi connectivity index (χ1n) is 7.58. The van der Waals surface area contributed by atoms with E-state index in [9.17, 15) is 32.0 Å². The molecule has 138 valence electrons. The van der Waals surface area contributed by atoms with Gasteiger partial charge in [-0.2, -0.15) is 18.2 Å². The molecule has 0 bridgehead atoms. The molecule has 0 radical (unpaired) electrons. The summed E-state index contributed by atoms with van der Waals surface area (Å²) in [4.78, 5) is 13.5. The molecular weight excluding hydrogens is 359 g/mol. The number of rotatable bonds is 2. The van der Waals surface area contributed by atoms with Crippen molar-refractivity contribution < 1.29 is 32.0 Å². The van der Waals surface area contributed by atoms with Crippen LogP contribution >= 0.6 is 0 Å². The van der Waals surface area contributed by atoms with E-state index in [-0.39, 0.29) is 18.7 Å². The summed E-state index contributed by atoms with van der Waals surface area (Å²) in [6, 6.07) is 6.97. The van der Waals surface area contributed by atoms with Crippen molar-refractivity contribution in [3.63, 3.8) is 0 Å². The van der Waals surface area contributed by atoms with Gasteiger partial charge in [0, 0.05) is 13.1 Å². The molecule has 1 fully saturated rings. The van der Waals surface area contributed by atoms with Crippen LogP contribution in [0.5, 0.6) is 0 Å². The number of alkyl halides is 3. The van der Waals surface area contributed by atoms with Crippen molar-refractivity contribution in [1.29, 1.82) is 0 Å². The standard InChI is InChI=1S/C17H13F5N2O2/c18-12-5-2-6-13(19)14(12)16(25)23-7-8-24(26)15(23)10-3-1-4-11(9-10)17(20,21)22/h1-6,9,15,26H,7-8H2. The second-order valence-electron chi connectivity index (χ2n) is 5.76. The molecular formula is C17H13F5N2O2. The van der Waals surface area contributed by atoms with Crippen LogP contribution in [0.3, 0.4) is 0 Å². The highest BCUT2D eigenvalue weighted by Gasteiger charge is 2.39. The Morgan fingerprint density at radius 1 is 1.04 bits per heavy atom. The average Bonchev–Trinajstić information content (AvgIpc) is 2.95. The van der Waals surface area contributed by atoms with E-state index in [2.05, 4.69) is 0 Å². The molecule has 0 aromatic heterocycles. The van der Waals surface area contributed by atoms with Gasteiger partial charge in [0.05, 0.1) is 5.56 Å². The van der Waals surface area contributed by atoms with Crippen molar-refractivity contribution in [2.75, 3.05) is 13.1 Å². The van der Waals surface area contributed by atoms with Crippen molar-refractivity contribution in [3.8, 4) is 0 Å². The predicted molar refractivity (Wildman–Crippen MR) is 80.1 cm³/mol. The summed E-state index contributed by atoms with van der Waals surface area (Å²) >= 11 is 0. The monoisotopic (exact) mass is 372 g/mol. The Balaban J connectivity index is 2.00. The Kier molecular flexibility index (Phi) is 4.68. The van der Waals surface area contributed by atoms with E-state index in [0.29, 0.717) is 5.06 Å². The van der Waals surface area contributed by atoms with E-state index in [1.807, 2.05) is 0 Å². The first kappa shape index (κ1) is 18.3. The van der Waals surface area contributed by atoms with Crippen molar-refractivity contribution in [1.82, 2.24) is 9.96 Å². The zero-order chi connectivity index (χ0) is 19.1. The lowest BCUT2D eigenvalue weighted by molar-refractivity contribution is -0.138. The molecule has 26 heavy (non-hydrogen) atoms. The van der Waals surface area contributed by atoms with Crippen LogP contribution in [0.4, 0.5) is 22.0 Å². The van der Waals surface area contributed by atoms with Crippen molar-refractivity contribution in [2.24, 2.45) is 0 Å². The first-order chi connectivity index (χ1) is 12.2. The zero-order valence-corrected chi connectivity index (χ0v) is 13.2. The number of amides is 1. The van der Waals surface area contributed by atoms with E-state index in [1.165, 1.54) is 6.07 Å². The molecule has 4 nitrogen and oxygen atoms in total. The van der Waals surface area contributed by atoms with Gasteiger partial charge >= 0.3 is 6.18 Å². The molecule has 1 unspecified atom stereocenters. The third-order valence-corrected chi connectivity index (χ3v) is 4.10. The fourth-order valence-electron chi connectivity index (χ4n) is 2.90. The van der Waals surface area contributed by atoms with Crippen LogP contribution in [0, 0.1) is 11.6 Å². The Hall–Kier alpha value is -2.52. The maximum Gasteiger partial charge on any atom is 0.416 e.